The van der Waals surface area contributed by atoms with Gasteiger partial charge in [-0.05, 0) is 42.7 Å². The molecule has 1 saturated carbocycles. The molecule has 2 aromatic heterocycles. The maximum atomic E-state index is 11.6. The molecule has 150 valence electrons. The van der Waals surface area contributed by atoms with E-state index in [0.717, 1.165) is 34.7 Å². The zero-order valence-corrected chi connectivity index (χ0v) is 17.1. The number of ether oxygens (including phenoxy) is 1. The van der Waals surface area contributed by atoms with Crippen LogP contribution in [0.3, 0.4) is 0 Å². The van der Waals surface area contributed by atoms with E-state index < -0.39 is 0 Å². The molecule has 3 aromatic rings. The normalized spacial score (nSPS) is 15.8. The fraction of sp³-hybridized carbons (Fsp3) is 0.318. The zero-order valence-electron chi connectivity index (χ0n) is 16.3. The fourth-order valence-corrected chi connectivity index (χ4v) is 4.30. The number of thiazole rings is 1. The molecule has 1 fully saturated rings. The number of methoxy groups -OCH3 is 1. The van der Waals surface area contributed by atoms with Crippen LogP contribution in [0.15, 0.2) is 62.6 Å². The van der Waals surface area contributed by atoms with Crippen molar-refractivity contribution in [2.45, 2.75) is 38.1 Å². The van der Waals surface area contributed by atoms with Crippen LogP contribution in [0.5, 0.6) is 0 Å². The summed E-state index contributed by atoms with van der Waals surface area (Å²) >= 11 is 1.57. The van der Waals surface area contributed by atoms with E-state index in [2.05, 4.69) is 5.10 Å². The maximum Gasteiger partial charge on any atom is 0.337 e. The molecular formula is C22H23N3O3S. The van der Waals surface area contributed by atoms with Crippen LogP contribution in [0.2, 0.25) is 0 Å². The number of furan rings is 1. The van der Waals surface area contributed by atoms with Crippen molar-refractivity contribution < 1.29 is 13.9 Å². The van der Waals surface area contributed by atoms with Gasteiger partial charge in [0.25, 0.3) is 0 Å². The highest BCUT2D eigenvalue weighted by molar-refractivity contribution is 7.07. The Hall–Kier alpha value is -2.93. The molecule has 1 aliphatic rings. The lowest BCUT2D eigenvalue weighted by Gasteiger charge is -2.16. The molecule has 0 atom stereocenters. The van der Waals surface area contributed by atoms with Crippen LogP contribution in [-0.2, 0) is 4.74 Å². The van der Waals surface area contributed by atoms with Crippen molar-refractivity contribution in [2.75, 3.05) is 7.11 Å². The molecule has 0 amide bonds. The number of carbonyl (C=O) groups is 1. The molecule has 4 rings (SSSR count). The minimum absolute atomic E-state index is 0.352. The van der Waals surface area contributed by atoms with Crippen LogP contribution in [-0.4, -0.2) is 30.0 Å². The molecular weight excluding hydrogens is 386 g/mol. The van der Waals surface area contributed by atoms with Crippen LogP contribution in [0.4, 0.5) is 0 Å². The van der Waals surface area contributed by atoms with Gasteiger partial charge in [-0.2, -0.15) is 5.10 Å². The predicted octanol–water partition coefficient (Wildman–Crippen LogP) is 4.71. The highest BCUT2D eigenvalue weighted by atomic mass is 32.1. The summed E-state index contributed by atoms with van der Waals surface area (Å²) < 4.78 is 12.2. The highest BCUT2D eigenvalue weighted by Gasteiger charge is 2.14. The van der Waals surface area contributed by atoms with Gasteiger partial charge in [0.05, 0.1) is 31.2 Å². The van der Waals surface area contributed by atoms with Crippen molar-refractivity contribution in [3.63, 3.8) is 0 Å². The Morgan fingerprint density at radius 1 is 1.21 bits per heavy atom. The van der Waals surface area contributed by atoms with E-state index in [1.165, 1.54) is 26.4 Å². The molecule has 0 N–H and O–H groups in total. The number of esters is 1. The summed E-state index contributed by atoms with van der Waals surface area (Å²) in [5.41, 5.74) is 2.26. The van der Waals surface area contributed by atoms with E-state index in [0.29, 0.717) is 11.6 Å². The van der Waals surface area contributed by atoms with E-state index in [1.54, 1.807) is 35.9 Å². The van der Waals surface area contributed by atoms with Crippen LogP contribution >= 0.6 is 11.3 Å². The molecule has 1 aromatic carbocycles. The molecule has 1 aliphatic carbocycles. The first-order valence-electron chi connectivity index (χ1n) is 9.75. The summed E-state index contributed by atoms with van der Waals surface area (Å²) in [4.78, 5) is 17.4. The van der Waals surface area contributed by atoms with Crippen molar-refractivity contribution in [3.05, 3.63) is 64.0 Å². The van der Waals surface area contributed by atoms with Crippen LogP contribution in [0, 0.1) is 0 Å². The number of carbonyl (C=O) groups excluding carboxylic acids is 1. The van der Waals surface area contributed by atoms with Gasteiger partial charge >= 0.3 is 5.97 Å². The van der Waals surface area contributed by atoms with Gasteiger partial charge in [-0.1, -0.05) is 31.4 Å². The van der Waals surface area contributed by atoms with E-state index in [-0.39, 0.29) is 5.97 Å². The Morgan fingerprint density at radius 2 is 2.00 bits per heavy atom. The summed E-state index contributed by atoms with van der Waals surface area (Å²) in [5.74, 6) is 0.402. The molecule has 0 bridgehead atoms. The van der Waals surface area contributed by atoms with Crippen LogP contribution in [0.25, 0.3) is 11.5 Å². The Bertz CT molecular complexity index is 1040. The number of hydrogen-bond acceptors (Lipinski definition) is 6. The monoisotopic (exact) mass is 409 g/mol. The summed E-state index contributed by atoms with van der Waals surface area (Å²) in [6, 6.07) is 11.3. The molecule has 2 heterocycles. The van der Waals surface area contributed by atoms with E-state index >= 15 is 0 Å². The first-order valence-corrected chi connectivity index (χ1v) is 10.6. The third-order valence-electron chi connectivity index (χ3n) is 4.98. The first-order chi connectivity index (χ1) is 14.2. The molecule has 7 heteroatoms. The van der Waals surface area contributed by atoms with Gasteiger partial charge in [0.15, 0.2) is 5.76 Å². The Balaban J connectivity index is 1.67. The second kappa shape index (κ2) is 9.05. The number of benzene rings is 1. The second-order valence-corrected chi connectivity index (χ2v) is 7.81. The summed E-state index contributed by atoms with van der Waals surface area (Å²) in [6.45, 7) is 0. The molecule has 0 unspecified atom stereocenters. The maximum absolute atomic E-state index is 11.6. The van der Waals surface area contributed by atoms with Crippen molar-refractivity contribution >= 4 is 23.5 Å². The average molecular weight is 410 g/mol. The lowest BCUT2D eigenvalue weighted by Crippen LogP contribution is -2.18. The summed E-state index contributed by atoms with van der Waals surface area (Å²) in [6.07, 6.45) is 9.46. The van der Waals surface area contributed by atoms with Crippen molar-refractivity contribution in [1.29, 1.82) is 0 Å². The predicted molar refractivity (Wildman–Crippen MR) is 113 cm³/mol. The van der Waals surface area contributed by atoms with Gasteiger partial charge in [0.2, 0.25) is 4.80 Å². The van der Waals surface area contributed by atoms with Gasteiger partial charge in [-0.3, -0.25) is 4.99 Å². The first kappa shape index (κ1) is 19.4. The van der Waals surface area contributed by atoms with E-state index in [9.17, 15) is 4.79 Å². The van der Waals surface area contributed by atoms with Gasteiger partial charge in [-0.15, -0.1) is 11.3 Å². The largest absolute Gasteiger partial charge is 0.465 e. The minimum Gasteiger partial charge on any atom is -0.465 e. The molecule has 0 radical (unpaired) electrons. The van der Waals surface area contributed by atoms with Gasteiger partial charge in [0.1, 0.15) is 5.69 Å². The number of rotatable bonds is 5. The molecule has 0 saturated heterocycles. The number of aromatic nitrogens is 1. The van der Waals surface area contributed by atoms with Crippen molar-refractivity contribution in [3.8, 4) is 11.5 Å². The van der Waals surface area contributed by atoms with Crippen molar-refractivity contribution in [1.82, 2.24) is 4.68 Å². The summed E-state index contributed by atoms with van der Waals surface area (Å²) in [5, 5.41) is 6.71. The zero-order chi connectivity index (χ0) is 20.1. The van der Waals surface area contributed by atoms with E-state index in [1.807, 2.05) is 34.3 Å². The molecule has 0 aliphatic heterocycles. The average Bonchev–Trinajstić information content (AvgIpc) is 3.43. The number of hydrogen-bond donors (Lipinski definition) is 0. The molecule has 0 spiro atoms. The topological polar surface area (TPSA) is 69.1 Å². The Labute approximate surface area is 173 Å². The third-order valence-corrected chi connectivity index (χ3v) is 5.81. The minimum atomic E-state index is -0.352. The highest BCUT2D eigenvalue weighted by Crippen LogP contribution is 2.23. The van der Waals surface area contributed by atoms with Gasteiger partial charge < -0.3 is 9.15 Å². The van der Waals surface area contributed by atoms with Gasteiger partial charge in [-0.25, -0.2) is 9.47 Å². The van der Waals surface area contributed by atoms with Crippen molar-refractivity contribution in [2.24, 2.45) is 10.1 Å². The molecule has 6 nitrogen and oxygen atoms in total. The molecule has 29 heavy (non-hydrogen) atoms. The van der Waals surface area contributed by atoms with Crippen LogP contribution < -0.4 is 4.80 Å². The fourth-order valence-electron chi connectivity index (χ4n) is 3.41. The Morgan fingerprint density at radius 3 is 2.69 bits per heavy atom. The summed E-state index contributed by atoms with van der Waals surface area (Å²) in [7, 11) is 1.37. The standard InChI is InChI=1S/C22H23N3O3S/c1-27-21(26)17-11-9-16(10-12-17)14-23-25-19(20-8-5-13-28-20)15-29-22(25)24-18-6-3-2-4-7-18/h5,8-15,18H,2-4,6-7H2,1H3. The third kappa shape index (κ3) is 4.56. The number of nitrogens with zero attached hydrogens (tertiary/aromatic N) is 3. The quantitative estimate of drug-likeness (QED) is 0.453. The lowest BCUT2D eigenvalue weighted by atomic mass is 9.96. The second-order valence-electron chi connectivity index (χ2n) is 6.97. The van der Waals surface area contributed by atoms with Gasteiger partial charge in [0, 0.05) is 5.38 Å². The smallest absolute Gasteiger partial charge is 0.337 e. The SMILES string of the molecule is COC(=O)c1ccc(C=Nn2c(-c3ccco3)csc2=NC2CCCCC2)cc1. The Kier molecular flexibility index (Phi) is 6.05. The van der Waals surface area contributed by atoms with E-state index in [4.69, 9.17) is 14.1 Å². The lowest BCUT2D eigenvalue weighted by molar-refractivity contribution is 0.0600. The van der Waals surface area contributed by atoms with Crippen LogP contribution in [0.1, 0.15) is 48.0 Å².